The van der Waals surface area contributed by atoms with Crippen LogP contribution in [-0.2, 0) is 17.1 Å². The van der Waals surface area contributed by atoms with Crippen LogP contribution in [0.1, 0.15) is 50.2 Å². The lowest BCUT2D eigenvalue weighted by Gasteiger charge is -2.09. The number of nitrogens with one attached hydrogen (secondary N) is 3. The molecule has 3 rings (SSSR count). The maximum Gasteiger partial charge on any atom is 0.269 e. The molecule has 0 saturated carbocycles. The van der Waals surface area contributed by atoms with Crippen LogP contribution in [-0.4, -0.2) is 27.7 Å². The van der Waals surface area contributed by atoms with Gasteiger partial charge in [-0.1, -0.05) is 36.0 Å². The number of amides is 3. The zero-order chi connectivity index (χ0) is 23.8. The van der Waals surface area contributed by atoms with E-state index in [0.29, 0.717) is 23.4 Å². The van der Waals surface area contributed by atoms with Gasteiger partial charge in [-0.15, -0.1) is 0 Å². The number of aromatic nitrogens is 2. The zero-order valence-corrected chi connectivity index (χ0v) is 19.5. The predicted molar refractivity (Wildman–Crippen MR) is 126 cm³/mol. The number of aryl methyl sites for hydroxylation is 2. The van der Waals surface area contributed by atoms with E-state index in [2.05, 4.69) is 26.1 Å². The van der Waals surface area contributed by atoms with Crippen LogP contribution in [0.25, 0.3) is 0 Å². The van der Waals surface area contributed by atoms with Gasteiger partial charge in [-0.2, -0.15) is 0 Å². The van der Waals surface area contributed by atoms with Gasteiger partial charge in [0.05, 0.1) is 0 Å². The fourth-order valence-corrected chi connectivity index (χ4v) is 3.82. The molecule has 3 amide bonds. The van der Waals surface area contributed by atoms with Crippen LogP contribution in [0.5, 0.6) is 0 Å². The van der Waals surface area contributed by atoms with E-state index in [1.165, 1.54) is 18.7 Å². The maximum absolute atomic E-state index is 12.4. The summed E-state index contributed by atoms with van der Waals surface area (Å²) in [4.78, 5) is 44.4. The number of thioether (sulfide) groups is 1. The highest BCUT2D eigenvalue weighted by Crippen LogP contribution is 2.20. The Balaban J connectivity index is 1.49. The lowest BCUT2D eigenvalue weighted by Crippen LogP contribution is -2.41. The molecule has 3 aromatic rings. The van der Waals surface area contributed by atoms with E-state index in [0.717, 1.165) is 27.7 Å². The standard InChI is InChI=1S/C24H25N5O3S/c1-15-12-16(2)27-24(26-15)33-14-19-6-10-21(11-7-19)23(32)29-28-22(31)20-8-4-18(5-9-20)13-25-17(3)30/h4-12H,13-14H2,1-3H3,(H,25,30)(H,28,31)(H,29,32). The minimum atomic E-state index is -0.434. The normalized spacial score (nSPS) is 10.4. The first kappa shape index (κ1) is 23.9. The Hall–Kier alpha value is -3.72. The Kier molecular flexibility index (Phi) is 8.15. The van der Waals surface area contributed by atoms with Gasteiger partial charge in [0, 0.05) is 41.7 Å². The molecule has 0 saturated heterocycles. The molecule has 0 atom stereocenters. The molecule has 8 nitrogen and oxygen atoms in total. The van der Waals surface area contributed by atoms with Crippen LogP contribution in [0.4, 0.5) is 0 Å². The van der Waals surface area contributed by atoms with Gasteiger partial charge in [-0.05, 0) is 55.3 Å². The summed E-state index contributed by atoms with van der Waals surface area (Å²) in [5.41, 5.74) is 9.41. The number of nitrogens with zero attached hydrogens (tertiary/aromatic N) is 2. The third kappa shape index (κ3) is 7.43. The van der Waals surface area contributed by atoms with Crippen LogP contribution >= 0.6 is 11.8 Å². The zero-order valence-electron chi connectivity index (χ0n) is 18.6. The molecular formula is C24H25N5O3S. The van der Waals surface area contributed by atoms with E-state index in [1.54, 1.807) is 36.4 Å². The number of benzene rings is 2. The van der Waals surface area contributed by atoms with E-state index >= 15 is 0 Å². The molecule has 0 unspecified atom stereocenters. The summed E-state index contributed by atoms with van der Waals surface area (Å²) in [5.74, 6) is -0.292. The van der Waals surface area contributed by atoms with Crippen molar-refractivity contribution >= 4 is 29.5 Å². The fourth-order valence-electron chi connectivity index (χ4n) is 2.92. The molecule has 0 spiro atoms. The quantitative estimate of drug-likeness (QED) is 0.282. The van der Waals surface area contributed by atoms with Crippen molar-refractivity contribution in [3.8, 4) is 0 Å². The summed E-state index contributed by atoms with van der Waals surface area (Å²) >= 11 is 1.53. The molecule has 0 fully saturated rings. The number of rotatable bonds is 7. The van der Waals surface area contributed by atoms with Crippen LogP contribution in [0.2, 0.25) is 0 Å². The predicted octanol–water partition coefficient (Wildman–Crippen LogP) is 3.10. The van der Waals surface area contributed by atoms with E-state index in [4.69, 9.17) is 0 Å². The highest BCUT2D eigenvalue weighted by atomic mass is 32.2. The Morgan fingerprint density at radius 3 is 1.76 bits per heavy atom. The molecule has 0 aliphatic heterocycles. The summed E-state index contributed by atoms with van der Waals surface area (Å²) in [6.45, 7) is 5.71. The molecular weight excluding hydrogens is 438 g/mol. The van der Waals surface area contributed by atoms with E-state index in [1.807, 2.05) is 32.0 Å². The van der Waals surface area contributed by atoms with Gasteiger partial charge in [0.25, 0.3) is 11.8 Å². The molecule has 0 aliphatic rings. The highest BCUT2D eigenvalue weighted by molar-refractivity contribution is 7.98. The van der Waals surface area contributed by atoms with Gasteiger partial charge in [-0.3, -0.25) is 25.2 Å². The second-order valence-electron chi connectivity index (χ2n) is 7.43. The second kappa shape index (κ2) is 11.2. The van der Waals surface area contributed by atoms with Gasteiger partial charge in [-0.25, -0.2) is 9.97 Å². The van der Waals surface area contributed by atoms with Crippen molar-refractivity contribution in [1.29, 1.82) is 0 Å². The Bertz CT molecular complexity index is 1130. The Morgan fingerprint density at radius 1 is 0.788 bits per heavy atom. The average molecular weight is 464 g/mol. The van der Waals surface area contributed by atoms with Gasteiger partial charge in [0.15, 0.2) is 5.16 Å². The summed E-state index contributed by atoms with van der Waals surface area (Å²) in [6.07, 6.45) is 0. The molecule has 170 valence electrons. The number of hydrogen-bond donors (Lipinski definition) is 3. The van der Waals surface area contributed by atoms with Gasteiger partial charge in [0.1, 0.15) is 0 Å². The summed E-state index contributed by atoms with van der Waals surface area (Å²) in [6, 6.07) is 15.8. The number of carbonyl (C=O) groups excluding carboxylic acids is 3. The van der Waals surface area contributed by atoms with Crippen molar-refractivity contribution in [1.82, 2.24) is 26.1 Å². The van der Waals surface area contributed by atoms with E-state index in [9.17, 15) is 14.4 Å². The largest absolute Gasteiger partial charge is 0.352 e. The molecule has 9 heteroatoms. The molecule has 0 bridgehead atoms. The summed E-state index contributed by atoms with van der Waals surface area (Å²) < 4.78 is 0. The topological polar surface area (TPSA) is 113 Å². The summed E-state index contributed by atoms with van der Waals surface area (Å²) in [7, 11) is 0. The lowest BCUT2D eigenvalue weighted by atomic mass is 10.1. The SMILES string of the molecule is CC(=O)NCc1ccc(C(=O)NNC(=O)c2ccc(CSc3nc(C)cc(C)n3)cc2)cc1. The molecule has 0 radical (unpaired) electrons. The first-order chi connectivity index (χ1) is 15.8. The van der Waals surface area contributed by atoms with Crippen LogP contribution in [0, 0.1) is 13.8 Å². The molecule has 33 heavy (non-hydrogen) atoms. The molecule has 2 aromatic carbocycles. The number of hydrogen-bond acceptors (Lipinski definition) is 6. The Morgan fingerprint density at radius 2 is 1.27 bits per heavy atom. The molecule has 1 aromatic heterocycles. The maximum atomic E-state index is 12.4. The van der Waals surface area contributed by atoms with Crippen molar-refractivity contribution in [3.05, 3.63) is 88.2 Å². The van der Waals surface area contributed by atoms with Gasteiger partial charge < -0.3 is 5.32 Å². The van der Waals surface area contributed by atoms with Crippen molar-refractivity contribution in [2.75, 3.05) is 0 Å². The third-order valence-corrected chi connectivity index (χ3v) is 5.51. The lowest BCUT2D eigenvalue weighted by molar-refractivity contribution is -0.119. The summed E-state index contributed by atoms with van der Waals surface area (Å²) in [5, 5.41) is 3.41. The first-order valence-corrected chi connectivity index (χ1v) is 11.3. The van der Waals surface area contributed by atoms with Crippen LogP contribution in [0.15, 0.2) is 59.8 Å². The number of carbonyl (C=O) groups is 3. The first-order valence-electron chi connectivity index (χ1n) is 10.3. The number of hydrazine groups is 1. The van der Waals surface area contributed by atoms with Crippen LogP contribution in [0.3, 0.4) is 0 Å². The van der Waals surface area contributed by atoms with E-state index in [-0.39, 0.29) is 5.91 Å². The minimum absolute atomic E-state index is 0.123. The average Bonchev–Trinajstić information content (AvgIpc) is 2.79. The van der Waals surface area contributed by atoms with Crippen molar-refractivity contribution in [2.45, 2.75) is 38.2 Å². The van der Waals surface area contributed by atoms with Crippen LogP contribution < -0.4 is 16.2 Å². The highest BCUT2D eigenvalue weighted by Gasteiger charge is 2.10. The van der Waals surface area contributed by atoms with E-state index < -0.39 is 11.8 Å². The monoisotopic (exact) mass is 463 g/mol. The van der Waals surface area contributed by atoms with Crippen molar-refractivity contribution in [3.63, 3.8) is 0 Å². The minimum Gasteiger partial charge on any atom is -0.352 e. The smallest absolute Gasteiger partial charge is 0.269 e. The van der Waals surface area contributed by atoms with Crippen molar-refractivity contribution < 1.29 is 14.4 Å². The molecule has 3 N–H and O–H groups in total. The Labute approximate surface area is 196 Å². The third-order valence-electron chi connectivity index (χ3n) is 4.59. The van der Waals surface area contributed by atoms with Gasteiger partial charge >= 0.3 is 0 Å². The fraction of sp³-hybridized carbons (Fsp3) is 0.208. The molecule has 0 aliphatic carbocycles. The molecule has 1 heterocycles. The van der Waals surface area contributed by atoms with Crippen molar-refractivity contribution in [2.24, 2.45) is 0 Å². The van der Waals surface area contributed by atoms with Gasteiger partial charge in [0.2, 0.25) is 5.91 Å². The second-order valence-corrected chi connectivity index (χ2v) is 8.38.